The lowest BCUT2D eigenvalue weighted by Gasteiger charge is -2.10. The Morgan fingerprint density at radius 3 is 2.65 bits per heavy atom. The molecule has 0 spiro atoms. The van der Waals surface area contributed by atoms with E-state index < -0.39 is 0 Å². The fraction of sp³-hybridized carbons (Fsp3) is 0.148. The number of hydrogen-bond donors (Lipinski definition) is 2. The Balaban J connectivity index is 1.45. The van der Waals surface area contributed by atoms with Crippen LogP contribution in [-0.4, -0.2) is 44.1 Å². The van der Waals surface area contributed by atoms with Crippen molar-refractivity contribution in [3.63, 3.8) is 0 Å². The van der Waals surface area contributed by atoms with Crippen molar-refractivity contribution in [2.45, 2.75) is 13.5 Å². The molecule has 0 fully saturated rings. The Bertz CT molecular complexity index is 1640. The lowest BCUT2D eigenvalue weighted by Crippen LogP contribution is -2.10. The normalized spacial score (nSPS) is 11.8. The minimum absolute atomic E-state index is 0.768. The van der Waals surface area contributed by atoms with Crippen LogP contribution in [0.25, 0.3) is 54.9 Å². The summed E-state index contributed by atoms with van der Waals surface area (Å²) in [5.74, 6) is 0. The predicted octanol–water partition coefficient (Wildman–Crippen LogP) is 6.27. The minimum atomic E-state index is 0.768. The third-order valence-electron chi connectivity index (χ3n) is 5.97. The Morgan fingerprint density at radius 2 is 1.82 bits per heavy atom. The van der Waals surface area contributed by atoms with Gasteiger partial charge in [0.1, 0.15) is 5.69 Å². The fourth-order valence-electron chi connectivity index (χ4n) is 4.44. The van der Waals surface area contributed by atoms with Gasteiger partial charge in [0.25, 0.3) is 0 Å². The SMILES string of the molecule is Cc1ccc(-c2cccc3[nH]c(-c4n[nH]c5ncc(-c6cncc(CN(C)C)c6)cc45)cc23)s1. The van der Waals surface area contributed by atoms with Crippen molar-refractivity contribution in [3.05, 3.63) is 77.6 Å². The zero-order valence-electron chi connectivity index (χ0n) is 19.3. The maximum atomic E-state index is 4.65. The first-order valence-corrected chi connectivity index (χ1v) is 12.0. The topological polar surface area (TPSA) is 73.5 Å². The van der Waals surface area contributed by atoms with Crippen LogP contribution < -0.4 is 0 Å². The van der Waals surface area contributed by atoms with Crippen LogP contribution >= 0.6 is 11.3 Å². The maximum Gasteiger partial charge on any atom is 0.155 e. The van der Waals surface area contributed by atoms with Crippen LogP contribution in [0, 0.1) is 6.92 Å². The number of thiophene rings is 1. The van der Waals surface area contributed by atoms with Crippen molar-refractivity contribution in [2.75, 3.05) is 14.1 Å². The monoisotopic (exact) mass is 464 g/mol. The number of nitrogens with one attached hydrogen (secondary N) is 2. The number of aryl methyl sites for hydroxylation is 1. The van der Waals surface area contributed by atoms with Gasteiger partial charge in [0.15, 0.2) is 5.65 Å². The average Bonchev–Trinajstić information content (AvgIpc) is 3.55. The van der Waals surface area contributed by atoms with E-state index in [0.29, 0.717) is 0 Å². The third kappa shape index (κ3) is 3.69. The second-order valence-corrected chi connectivity index (χ2v) is 10.2. The van der Waals surface area contributed by atoms with Gasteiger partial charge in [0, 0.05) is 67.9 Å². The smallest absolute Gasteiger partial charge is 0.155 e. The summed E-state index contributed by atoms with van der Waals surface area (Å²) < 4.78 is 0. The molecule has 0 aliphatic carbocycles. The molecule has 0 saturated carbocycles. The molecule has 34 heavy (non-hydrogen) atoms. The average molecular weight is 465 g/mol. The molecule has 0 bridgehead atoms. The molecule has 6 rings (SSSR count). The predicted molar refractivity (Wildman–Crippen MR) is 140 cm³/mol. The van der Waals surface area contributed by atoms with E-state index in [2.05, 4.69) is 99.6 Å². The molecule has 7 heteroatoms. The van der Waals surface area contributed by atoms with Crippen LogP contribution in [0.2, 0.25) is 0 Å². The zero-order chi connectivity index (χ0) is 23.2. The van der Waals surface area contributed by atoms with E-state index in [4.69, 9.17) is 0 Å². The minimum Gasteiger partial charge on any atom is -0.353 e. The van der Waals surface area contributed by atoms with Crippen molar-refractivity contribution < 1.29 is 0 Å². The van der Waals surface area contributed by atoms with Gasteiger partial charge in [-0.05, 0) is 63.0 Å². The van der Waals surface area contributed by atoms with E-state index in [1.807, 2.05) is 29.9 Å². The number of aromatic amines is 2. The van der Waals surface area contributed by atoms with Gasteiger partial charge in [-0.25, -0.2) is 4.98 Å². The lowest BCUT2D eigenvalue weighted by molar-refractivity contribution is 0.402. The van der Waals surface area contributed by atoms with Crippen molar-refractivity contribution in [3.8, 4) is 33.0 Å². The molecule has 0 radical (unpaired) electrons. The molecular weight excluding hydrogens is 440 g/mol. The van der Waals surface area contributed by atoms with Crippen molar-refractivity contribution in [1.29, 1.82) is 0 Å². The molecular formula is C27H24N6S. The Kier molecular flexibility index (Phi) is 5.01. The van der Waals surface area contributed by atoms with Gasteiger partial charge in [-0.2, -0.15) is 5.10 Å². The summed E-state index contributed by atoms with van der Waals surface area (Å²) in [6.07, 6.45) is 5.68. The molecule has 6 nitrogen and oxygen atoms in total. The maximum absolute atomic E-state index is 4.65. The highest BCUT2D eigenvalue weighted by Gasteiger charge is 2.15. The van der Waals surface area contributed by atoms with E-state index >= 15 is 0 Å². The Morgan fingerprint density at radius 1 is 0.941 bits per heavy atom. The summed E-state index contributed by atoms with van der Waals surface area (Å²) in [6, 6.07) is 17.3. The molecule has 0 unspecified atom stereocenters. The van der Waals surface area contributed by atoms with E-state index in [1.165, 1.54) is 26.3 Å². The fourth-order valence-corrected chi connectivity index (χ4v) is 5.35. The Labute approximate surface area is 201 Å². The standard InChI is InChI=1S/C27H24N6S/c1-16-7-8-25(34-16)20-5-4-6-23-21(20)11-24(30-23)26-22-10-19(14-29-27(22)32-31-26)18-9-17(12-28-13-18)15-33(2)3/h4-14,30H,15H2,1-3H3,(H,29,31,32). The van der Waals surface area contributed by atoms with Crippen molar-refractivity contribution >= 4 is 33.3 Å². The summed E-state index contributed by atoms with van der Waals surface area (Å²) >= 11 is 1.81. The van der Waals surface area contributed by atoms with Gasteiger partial charge in [-0.1, -0.05) is 12.1 Å². The number of pyridine rings is 2. The molecule has 0 amide bonds. The highest BCUT2D eigenvalue weighted by Crippen LogP contribution is 2.37. The van der Waals surface area contributed by atoms with Crippen molar-refractivity contribution in [1.82, 2.24) is 30.0 Å². The van der Waals surface area contributed by atoms with Gasteiger partial charge < -0.3 is 9.88 Å². The molecule has 0 aliphatic rings. The van der Waals surface area contributed by atoms with E-state index in [0.717, 1.165) is 45.6 Å². The molecule has 5 heterocycles. The first kappa shape index (κ1) is 20.8. The van der Waals surface area contributed by atoms with Gasteiger partial charge in [0.05, 0.1) is 5.69 Å². The van der Waals surface area contributed by atoms with E-state index in [1.54, 1.807) is 0 Å². The summed E-state index contributed by atoms with van der Waals surface area (Å²) in [7, 11) is 4.12. The molecule has 168 valence electrons. The van der Waals surface area contributed by atoms with E-state index in [9.17, 15) is 0 Å². The second-order valence-electron chi connectivity index (χ2n) is 8.87. The number of aromatic nitrogens is 5. The molecule has 6 aromatic rings. The molecule has 1 aromatic carbocycles. The largest absolute Gasteiger partial charge is 0.353 e. The quantitative estimate of drug-likeness (QED) is 0.315. The van der Waals surface area contributed by atoms with Crippen LogP contribution in [-0.2, 0) is 6.54 Å². The van der Waals surface area contributed by atoms with Gasteiger partial charge in [-0.3, -0.25) is 10.1 Å². The first-order chi connectivity index (χ1) is 16.5. The summed E-state index contributed by atoms with van der Waals surface area (Å²) in [5, 5.41) is 9.89. The number of nitrogens with zero attached hydrogens (tertiary/aromatic N) is 4. The summed E-state index contributed by atoms with van der Waals surface area (Å²) in [4.78, 5) is 17.4. The Hall–Kier alpha value is -3.81. The summed E-state index contributed by atoms with van der Waals surface area (Å²) in [5.41, 5.74) is 8.18. The lowest BCUT2D eigenvalue weighted by atomic mass is 10.1. The second kappa shape index (κ2) is 8.20. The number of hydrogen-bond acceptors (Lipinski definition) is 5. The highest BCUT2D eigenvalue weighted by molar-refractivity contribution is 7.15. The molecule has 0 aliphatic heterocycles. The van der Waals surface area contributed by atoms with Gasteiger partial charge in [-0.15, -0.1) is 11.3 Å². The van der Waals surface area contributed by atoms with Crippen LogP contribution in [0.4, 0.5) is 0 Å². The van der Waals surface area contributed by atoms with Crippen LogP contribution in [0.3, 0.4) is 0 Å². The van der Waals surface area contributed by atoms with Crippen LogP contribution in [0.5, 0.6) is 0 Å². The van der Waals surface area contributed by atoms with Gasteiger partial charge >= 0.3 is 0 Å². The highest BCUT2D eigenvalue weighted by atomic mass is 32.1. The van der Waals surface area contributed by atoms with E-state index in [-0.39, 0.29) is 0 Å². The molecule has 2 N–H and O–H groups in total. The number of rotatable bonds is 5. The molecule has 0 saturated heterocycles. The number of fused-ring (bicyclic) bond motifs is 2. The molecule has 0 atom stereocenters. The molecule has 5 aromatic heterocycles. The zero-order valence-corrected chi connectivity index (χ0v) is 20.1. The van der Waals surface area contributed by atoms with Crippen LogP contribution in [0.1, 0.15) is 10.4 Å². The van der Waals surface area contributed by atoms with Gasteiger partial charge in [0.2, 0.25) is 0 Å². The first-order valence-electron chi connectivity index (χ1n) is 11.2. The number of benzene rings is 1. The third-order valence-corrected chi connectivity index (χ3v) is 7.00. The van der Waals surface area contributed by atoms with Crippen molar-refractivity contribution in [2.24, 2.45) is 0 Å². The van der Waals surface area contributed by atoms with Crippen LogP contribution in [0.15, 0.2) is 67.1 Å². The summed E-state index contributed by atoms with van der Waals surface area (Å²) in [6.45, 7) is 2.98. The number of H-pyrrole nitrogens is 2.